The molecule has 2 rings (SSSR count). The van der Waals surface area contributed by atoms with E-state index in [1.807, 2.05) is 25.1 Å². The average Bonchev–Trinajstić information content (AvgIpc) is 2.35. The fraction of sp³-hybridized carbons (Fsp3) is 0.143. The maximum absolute atomic E-state index is 13.5. The van der Waals surface area contributed by atoms with Crippen molar-refractivity contribution in [2.75, 3.05) is 18.2 Å². The number of nitrogen functional groups attached to an aromatic ring is 1. The number of hydrogen-bond donors (Lipinski definition) is 2. The molecular formula is C14H14BrFN2O. The van der Waals surface area contributed by atoms with Crippen LogP contribution in [0.25, 0.3) is 0 Å². The van der Waals surface area contributed by atoms with Gasteiger partial charge in [-0.25, -0.2) is 4.39 Å². The Morgan fingerprint density at radius 3 is 2.58 bits per heavy atom. The number of methoxy groups -OCH3 is 1. The minimum Gasteiger partial charge on any atom is -0.494 e. The van der Waals surface area contributed by atoms with Gasteiger partial charge in [-0.05, 0) is 40.5 Å². The molecule has 0 fully saturated rings. The highest BCUT2D eigenvalue weighted by Gasteiger charge is 2.09. The second-order valence-corrected chi connectivity index (χ2v) is 5.04. The van der Waals surface area contributed by atoms with Crippen molar-refractivity contribution in [1.29, 1.82) is 0 Å². The van der Waals surface area contributed by atoms with Crippen molar-refractivity contribution in [3.8, 4) is 5.75 Å². The summed E-state index contributed by atoms with van der Waals surface area (Å²) in [6, 6.07) is 8.66. The van der Waals surface area contributed by atoms with Crippen molar-refractivity contribution in [1.82, 2.24) is 0 Å². The molecule has 0 heterocycles. The van der Waals surface area contributed by atoms with Crippen LogP contribution in [-0.4, -0.2) is 7.11 Å². The Kier molecular flexibility index (Phi) is 3.95. The Hall–Kier alpha value is -1.75. The number of hydrogen-bond acceptors (Lipinski definition) is 3. The Morgan fingerprint density at radius 2 is 1.95 bits per heavy atom. The summed E-state index contributed by atoms with van der Waals surface area (Å²) in [5.74, 6) is -0.326. The Balaban J connectivity index is 2.37. The first-order chi connectivity index (χ1) is 9.01. The molecule has 0 saturated carbocycles. The number of rotatable bonds is 3. The van der Waals surface area contributed by atoms with Gasteiger partial charge >= 0.3 is 0 Å². The molecule has 3 nitrogen and oxygen atoms in total. The van der Waals surface area contributed by atoms with Crippen molar-refractivity contribution >= 4 is 33.0 Å². The molecule has 100 valence electrons. The van der Waals surface area contributed by atoms with Gasteiger partial charge in [-0.2, -0.15) is 0 Å². The summed E-state index contributed by atoms with van der Waals surface area (Å²) in [6.07, 6.45) is 0. The molecule has 5 heteroatoms. The van der Waals surface area contributed by atoms with Crippen LogP contribution in [-0.2, 0) is 0 Å². The van der Waals surface area contributed by atoms with Gasteiger partial charge in [0.15, 0.2) is 11.6 Å². The molecule has 0 aliphatic rings. The van der Waals surface area contributed by atoms with E-state index in [9.17, 15) is 4.39 Å². The standard InChI is InChI=1S/C14H14BrFN2O/c1-8-3-4-12(9(15)5-8)18-13-7-14(19-2)10(16)6-11(13)17/h3-7,18H,17H2,1-2H3. The summed E-state index contributed by atoms with van der Waals surface area (Å²) in [5.41, 5.74) is 8.72. The van der Waals surface area contributed by atoms with Crippen molar-refractivity contribution < 1.29 is 9.13 Å². The number of ether oxygens (including phenoxy) is 1. The number of nitrogens with one attached hydrogen (secondary N) is 1. The van der Waals surface area contributed by atoms with Crippen LogP contribution in [0.1, 0.15) is 5.56 Å². The molecule has 19 heavy (non-hydrogen) atoms. The van der Waals surface area contributed by atoms with Gasteiger partial charge in [-0.1, -0.05) is 6.07 Å². The first kappa shape index (κ1) is 13.7. The highest BCUT2D eigenvalue weighted by molar-refractivity contribution is 9.10. The zero-order chi connectivity index (χ0) is 14.0. The smallest absolute Gasteiger partial charge is 0.167 e. The number of halogens is 2. The topological polar surface area (TPSA) is 47.3 Å². The predicted octanol–water partition coefficient (Wildman–Crippen LogP) is 4.23. The fourth-order valence-electron chi connectivity index (χ4n) is 1.70. The molecule has 2 aromatic carbocycles. The predicted molar refractivity (Wildman–Crippen MR) is 79.5 cm³/mol. The van der Waals surface area contributed by atoms with E-state index in [1.165, 1.54) is 19.2 Å². The molecule has 0 bridgehead atoms. The summed E-state index contributed by atoms with van der Waals surface area (Å²) < 4.78 is 19.3. The molecule has 3 N–H and O–H groups in total. The Labute approximate surface area is 119 Å². The van der Waals surface area contributed by atoms with E-state index in [0.717, 1.165) is 15.7 Å². The molecule has 2 aromatic rings. The minimum absolute atomic E-state index is 0.153. The molecule has 0 amide bonds. The van der Waals surface area contributed by atoms with Crippen LogP contribution in [0.2, 0.25) is 0 Å². The molecule has 0 spiro atoms. The Bertz CT molecular complexity index is 617. The van der Waals surface area contributed by atoms with Gasteiger partial charge in [0, 0.05) is 16.6 Å². The van der Waals surface area contributed by atoms with Gasteiger partial charge in [0.1, 0.15) is 0 Å². The summed E-state index contributed by atoms with van der Waals surface area (Å²) in [5, 5.41) is 3.15. The number of anilines is 3. The molecule has 0 saturated heterocycles. The second-order valence-electron chi connectivity index (χ2n) is 4.18. The summed E-state index contributed by atoms with van der Waals surface area (Å²) in [7, 11) is 1.42. The molecule has 0 atom stereocenters. The van der Waals surface area contributed by atoms with Crippen molar-refractivity contribution in [2.45, 2.75) is 6.92 Å². The van der Waals surface area contributed by atoms with Crippen molar-refractivity contribution in [3.63, 3.8) is 0 Å². The maximum atomic E-state index is 13.5. The van der Waals surface area contributed by atoms with Gasteiger partial charge in [-0.3, -0.25) is 0 Å². The summed E-state index contributed by atoms with van der Waals surface area (Å²) in [6.45, 7) is 2.00. The third-order valence-electron chi connectivity index (χ3n) is 2.72. The number of aryl methyl sites for hydroxylation is 1. The monoisotopic (exact) mass is 324 g/mol. The van der Waals surface area contributed by atoms with E-state index < -0.39 is 5.82 Å². The lowest BCUT2D eigenvalue weighted by molar-refractivity contribution is 0.387. The van der Waals surface area contributed by atoms with Crippen LogP contribution < -0.4 is 15.8 Å². The van der Waals surface area contributed by atoms with Crippen LogP contribution >= 0.6 is 15.9 Å². The second kappa shape index (κ2) is 5.48. The van der Waals surface area contributed by atoms with Gasteiger partial charge in [0.2, 0.25) is 0 Å². The van der Waals surface area contributed by atoms with Crippen LogP contribution in [0.4, 0.5) is 21.5 Å². The van der Waals surface area contributed by atoms with Gasteiger partial charge in [0.25, 0.3) is 0 Å². The Morgan fingerprint density at radius 1 is 1.21 bits per heavy atom. The zero-order valence-electron chi connectivity index (χ0n) is 10.6. The minimum atomic E-state index is -0.478. The van der Waals surface area contributed by atoms with E-state index in [-0.39, 0.29) is 5.75 Å². The van der Waals surface area contributed by atoms with Gasteiger partial charge < -0.3 is 15.8 Å². The lowest BCUT2D eigenvalue weighted by Crippen LogP contribution is -2.00. The molecule has 0 radical (unpaired) electrons. The van der Waals surface area contributed by atoms with Gasteiger partial charge in [0.05, 0.1) is 24.2 Å². The number of nitrogens with two attached hydrogens (primary N) is 1. The third-order valence-corrected chi connectivity index (χ3v) is 3.37. The molecule has 0 aliphatic heterocycles. The largest absolute Gasteiger partial charge is 0.494 e. The normalized spacial score (nSPS) is 10.3. The lowest BCUT2D eigenvalue weighted by Gasteiger charge is -2.13. The summed E-state index contributed by atoms with van der Waals surface area (Å²) >= 11 is 3.47. The first-order valence-electron chi connectivity index (χ1n) is 5.67. The molecular weight excluding hydrogens is 311 g/mol. The van der Waals surface area contributed by atoms with Crippen molar-refractivity contribution in [2.24, 2.45) is 0 Å². The zero-order valence-corrected chi connectivity index (χ0v) is 12.2. The quantitative estimate of drug-likeness (QED) is 0.830. The van der Waals surface area contributed by atoms with Gasteiger partial charge in [-0.15, -0.1) is 0 Å². The molecule has 0 aliphatic carbocycles. The summed E-state index contributed by atoms with van der Waals surface area (Å²) in [4.78, 5) is 0. The van der Waals surface area contributed by atoms with E-state index in [1.54, 1.807) is 0 Å². The molecule has 0 unspecified atom stereocenters. The average molecular weight is 325 g/mol. The third kappa shape index (κ3) is 2.98. The van der Waals surface area contributed by atoms with Crippen LogP contribution in [0.5, 0.6) is 5.75 Å². The highest BCUT2D eigenvalue weighted by atomic mass is 79.9. The van der Waals surface area contributed by atoms with Crippen LogP contribution in [0, 0.1) is 12.7 Å². The maximum Gasteiger partial charge on any atom is 0.167 e. The van der Waals surface area contributed by atoms with E-state index >= 15 is 0 Å². The van der Waals surface area contributed by atoms with E-state index in [2.05, 4.69) is 21.2 Å². The molecule has 0 aromatic heterocycles. The van der Waals surface area contributed by atoms with Crippen molar-refractivity contribution in [3.05, 3.63) is 46.2 Å². The fourth-order valence-corrected chi connectivity index (χ4v) is 2.29. The highest BCUT2D eigenvalue weighted by Crippen LogP contribution is 2.33. The SMILES string of the molecule is COc1cc(Nc2ccc(C)cc2Br)c(N)cc1F. The van der Waals surface area contributed by atoms with Crippen LogP contribution in [0.15, 0.2) is 34.8 Å². The van der Waals surface area contributed by atoms with E-state index in [4.69, 9.17) is 10.5 Å². The first-order valence-corrected chi connectivity index (χ1v) is 6.46. The van der Waals surface area contributed by atoms with E-state index in [0.29, 0.717) is 11.4 Å². The lowest BCUT2D eigenvalue weighted by atomic mass is 10.2. The number of benzene rings is 2. The van der Waals surface area contributed by atoms with Crippen LogP contribution in [0.3, 0.4) is 0 Å².